The van der Waals surface area contributed by atoms with Crippen LogP contribution < -0.4 is 10.3 Å². The number of nitrogens with zero attached hydrogens (tertiary/aromatic N) is 2. The molecule has 0 spiro atoms. The number of benzene rings is 2. The first-order chi connectivity index (χ1) is 12.6. The topological polar surface area (TPSA) is 44.1 Å². The molecule has 0 atom stereocenters. The van der Waals surface area contributed by atoms with E-state index in [0.29, 0.717) is 27.2 Å². The summed E-state index contributed by atoms with van der Waals surface area (Å²) >= 11 is 7.58. The Morgan fingerprint density at radius 3 is 2.69 bits per heavy atom. The molecule has 0 radical (unpaired) electrons. The van der Waals surface area contributed by atoms with Crippen LogP contribution in [0.3, 0.4) is 0 Å². The minimum atomic E-state index is -0.179. The normalized spacial score (nSPS) is 10.5. The number of hydrogen-bond acceptors (Lipinski definition) is 4. The lowest BCUT2D eigenvalue weighted by atomic mass is 10.1. The number of aromatic nitrogens is 2. The van der Waals surface area contributed by atoms with Crippen LogP contribution >= 0.6 is 23.4 Å². The molecular formula is C20H17ClN2O2S. The van der Waals surface area contributed by atoms with Gasteiger partial charge < -0.3 is 4.74 Å². The minimum Gasteiger partial charge on any atom is -0.495 e. The van der Waals surface area contributed by atoms with Crippen LogP contribution in [0.4, 0.5) is 0 Å². The molecule has 0 aliphatic carbocycles. The quantitative estimate of drug-likeness (QED) is 0.571. The fourth-order valence-electron chi connectivity index (χ4n) is 2.40. The first-order valence-corrected chi connectivity index (χ1v) is 9.24. The van der Waals surface area contributed by atoms with Gasteiger partial charge in [0.1, 0.15) is 5.75 Å². The molecule has 0 amide bonds. The van der Waals surface area contributed by atoms with Crippen LogP contribution in [0.25, 0.3) is 11.8 Å². The van der Waals surface area contributed by atoms with Crippen LogP contribution in [0.5, 0.6) is 5.75 Å². The van der Waals surface area contributed by atoms with Gasteiger partial charge in [-0.05, 0) is 29.3 Å². The van der Waals surface area contributed by atoms with Crippen LogP contribution in [0.2, 0.25) is 5.02 Å². The lowest BCUT2D eigenvalue weighted by molar-refractivity contribution is 0.415. The summed E-state index contributed by atoms with van der Waals surface area (Å²) < 4.78 is 6.68. The van der Waals surface area contributed by atoms with E-state index in [9.17, 15) is 4.79 Å². The van der Waals surface area contributed by atoms with E-state index in [1.165, 1.54) is 16.3 Å². The number of ether oxygens (including phenoxy) is 1. The van der Waals surface area contributed by atoms with Gasteiger partial charge in [0.2, 0.25) is 0 Å². The zero-order valence-corrected chi connectivity index (χ0v) is 15.8. The highest BCUT2D eigenvalue weighted by Crippen LogP contribution is 2.26. The zero-order chi connectivity index (χ0) is 18.5. The van der Waals surface area contributed by atoms with E-state index in [0.717, 1.165) is 11.1 Å². The van der Waals surface area contributed by atoms with Gasteiger partial charge in [-0.1, -0.05) is 60.3 Å². The molecule has 6 heteroatoms. The summed E-state index contributed by atoms with van der Waals surface area (Å²) in [5.41, 5.74) is 2.67. The van der Waals surface area contributed by atoms with Crippen molar-refractivity contribution in [2.75, 3.05) is 7.11 Å². The van der Waals surface area contributed by atoms with Gasteiger partial charge >= 0.3 is 0 Å². The molecule has 0 fully saturated rings. The number of hydrogen-bond donors (Lipinski definition) is 0. The molecule has 1 heterocycles. The van der Waals surface area contributed by atoms with Crippen molar-refractivity contribution < 1.29 is 4.74 Å². The first kappa shape index (κ1) is 18.3. The highest BCUT2D eigenvalue weighted by Gasteiger charge is 2.09. The van der Waals surface area contributed by atoms with Gasteiger partial charge in [0, 0.05) is 18.1 Å². The SMILES string of the molecule is C=Cc1ccc(CSc2nccn(-c3ccc(OC)c(Cl)c3)c2=O)cc1. The highest BCUT2D eigenvalue weighted by molar-refractivity contribution is 7.98. The molecule has 0 aliphatic rings. The van der Waals surface area contributed by atoms with Crippen molar-refractivity contribution in [3.63, 3.8) is 0 Å². The zero-order valence-electron chi connectivity index (χ0n) is 14.2. The van der Waals surface area contributed by atoms with Gasteiger partial charge in [0.25, 0.3) is 5.56 Å². The fourth-order valence-corrected chi connectivity index (χ4v) is 3.51. The smallest absolute Gasteiger partial charge is 0.287 e. The van der Waals surface area contributed by atoms with Crippen LogP contribution in [-0.2, 0) is 5.75 Å². The lowest BCUT2D eigenvalue weighted by Crippen LogP contribution is -2.20. The summed E-state index contributed by atoms with van der Waals surface area (Å²) in [6.45, 7) is 3.74. The first-order valence-electron chi connectivity index (χ1n) is 7.88. The van der Waals surface area contributed by atoms with Crippen molar-refractivity contribution in [2.24, 2.45) is 0 Å². The second-order valence-corrected chi connectivity index (χ2v) is 6.83. The average molecular weight is 385 g/mol. The van der Waals surface area contributed by atoms with Gasteiger partial charge in [0.15, 0.2) is 5.03 Å². The molecular weight excluding hydrogens is 368 g/mol. The molecule has 26 heavy (non-hydrogen) atoms. The van der Waals surface area contributed by atoms with E-state index in [-0.39, 0.29) is 5.56 Å². The van der Waals surface area contributed by atoms with Crippen LogP contribution in [0, 0.1) is 0 Å². The third kappa shape index (κ3) is 4.00. The molecule has 0 saturated heterocycles. The summed E-state index contributed by atoms with van der Waals surface area (Å²) in [6.07, 6.45) is 5.04. The maximum atomic E-state index is 12.7. The van der Waals surface area contributed by atoms with E-state index in [2.05, 4.69) is 11.6 Å². The molecule has 0 aliphatic heterocycles. The van der Waals surface area contributed by atoms with Gasteiger partial charge in [-0.3, -0.25) is 9.36 Å². The Labute approximate surface area is 161 Å². The standard InChI is InChI=1S/C20H17ClN2O2S/c1-3-14-4-6-15(7-5-14)13-26-19-20(24)23(11-10-22-19)16-8-9-18(25-2)17(21)12-16/h3-12H,1,13H2,2H3. The Morgan fingerprint density at radius 2 is 2.04 bits per heavy atom. The number of methoxy groups -OCH3 is 1. The van der Waals surface area contributed by atoms with Crippen molar-refractivity contribution in [2.45, 2.75) is 10.8 Å². The molecule has 4 nitrogen and oxygen atoms in total. The Bertz CT molecular complexity index is 984. The Balaban J connectivity index is 1.83. The molecule has 3 aromatic rings. The lowest BCUT2D eigenvalue weighted by Gasteiger charge is -2.09. The van der Waals surface area contributed by atoms with E-state index < -0.39 is 0 Å². The van der Waals surface area contributed by atoms with Crippen molar-refractivity contribution in [3.05, 3.63) is 87.9 Å². The second-order valence-electron chi connectivity index (χ2n) is 5.46. The fraction of sp³-hybridized carbons (Fsp3) is 0.100. The third-order valence-electron chi connectivity index (χ3n) is 3.81. The second kappa shape index (κ2) is 8.25. The summed E-state index contributed by atoms with van der Waals surface area (Å²) in [5.74, 6) is 1.22. The van der Waals surface area contributed by atoms with Crippen LogP contribution in [0.1, 0.15) is 11.1 Å². The van der Waals surface area contributed by atoms with Gasteiger partial charge in [-0.2, -0.15) is 0 Å². The van der Waals surface area contributed by atoms with Gasteiger partial charge in [-0.15, -0.1) is 0 Å². The summed E-state index contributed by atoms with van der Waals surface area (Å²) in [7, 11) is 1.55. The molecule has 0 unspecified atom stereocenters. The number of rotatable bonds is 6. The monoisotopic (exact) mass is 384 g/mol. The number of thioether (sulfide) groups is 1. The van der Waals surface area contributed by atoms with E-state index in [4.69, 9.17) is 16.3 Å². The summed E-state index contributed by atoms with van der Waals surface area (Å²) in [4.78, 5) is 17.0. The minimum absolute atomic E-state index is 0.179. The number of halogens is 1. The van der Waals surface area contributed by atoms with E-state index >= 15 is 0 Å². The van der Waals surface area contributed by atoms with Gasteiger partial charge in [0.05, 0.1) is 17.8 Å². The average Bonchev–Trinajstić information content (AvgIpc) is 2.67. The van der Waals surface area contributed by atoms with Crippen molar-refractivity contribution in [1.82, 2.24) is 9.55 Å². The Morgan fingerprint density at radius 1 is 1.27 bits per heavy atom. The summed E-state index contributed by atoms with van der Waals surface area (Å²) in [6, 6.07) is 13.3. The predicted octanol–water partition coefficient (Wildman–Crippen LogP) is 4.83. The molecule has 1 aromatic heterocycles. The van der Waals surface area contributed by atoms with E-state index in [1.807, 2.05) is 24.3 Å². The predicted molar refractivity (Wildman–Crippen MR) is 107 cm³/mol. The molecule has 132 valence electrons. The molecule has 0 bridgehead atoms. The van der Waals surface area contributed by atoms with Gasteiger partial charge in [-0.25, -0.2) is 4.98 Å². The summed E-state index contributed by atoms with van der Waals surface area (Å²) in [5, 5.41) is 0.887. The molecule has 0 N–H and O–H groups in total. The Kier molecular flexibility index (Phi) is 5.81. The van der Waals surface area contributed by atoms with E-state index in [1.54, 1.807) is 43.8 Å². The molecule has 3 rings (SSSR count). The van der Waals surface area contributed by atoms with Crippen LogP contribution in [0.15, 0.2) is 71.3 Å². The third-order valence-corrected chi connectivity index (χ3v) is 5.14. The molecule has 2 aromatic carbocycles. The van der Waals surface area contributed by atoms with Crippen LogP contribution in [-0.4, -0.2) is 16.7 Å². The molecule has 0 saturated carbocycles. The van der Waals surface area contributed by atoms with Crippen molar-refractivity contribution >= 4 is 29.4 Å². The Hall–Kier alpha value is -2.50. The maximum absolute atomic E-state index is 12.7. The highest BCUT2D eigenvalue weighted by atomic mass is 35.5. The van der Waals surface area contributed by atoms with Crippen molar-refractivity contribution in [1.29, 1.82) is 0 Å². The maximum Gasteiger partial charge on any atom is 0.287 e. The largest absolute Gasteiger partial charge is 0.495 e. The van der Waals surface area contributed by atoms with Crippen molar-refractivity contribution in [3.8, 4) is 11.4 Å².